The van der Waals surface area contributed by atoms with E-state index in [0.29, 0.717) is 0 Å². The number of allylic oxidation sites excluding steroid dienone is 3. The summed E-state index contributed by atoms with van der Waals surface area (Å²) in [6.45, 7) is 12.4. The second kappa shape index (κ2) is 49.5. The summed E-state index contributed by atoms with van der Waals surface area (Å²) in [5, 5.41) is 0. The molecule has 0 heterocycles. The van der Waals surface area contributed by atoms with E-state index in [1.807, 2.05) is 6.08 Å². The van der Waals surface area contributed by atoms with Gasteiger partial charge in [-0.15, -0.1) is 6.58 Å². The topological polar surface area (TPSA) is 0 Å². The quantitative estimate of drug-likeness (QED) is 0.297. The van der Waals surface area contributed by atoms with Gasteiger partial charge in [0.25, 0.3) is 0 Å². The van der Waals surface area contributed by atoms with Crippen molar-refractivity contribution in [2.24, 2.45) is 0 Å². The fourth-order valence-corrected chi connectivity index (χ4v) is 2.68. The Kier molecular flexibility index (Phi) is 73.1. The van der Waals surface area contributed by atoms with Crippen LogP contribution in [0, 0.1) is 0 Å². The van der Waals surface area contributed by atoms with E-state index in [2.05, 4.69) is 46.4 Å². The van der Waals surface area contributed by atoms with Gasteiger partial charge in [0, 0.05) is 30.7 Å². The first-order valence-electron chi connectivity index (χ1n) is 10.4. The first-order valence-corrected chi connectivity index (χ1v) is 14.7. The summed E-state index contributed by atoms with van der Waals surface area (Å²) < 4.78 is 0. The molecule has 0 aromatic carbocycles. The van der Waals surface area contributed by atoms with Gasteiger partial charge in [0.15, 0.2) is 0 Å². The molecule has 0 N–H and O–H groups in total. The Bertz CT molecular complexity index is 176. The van der Waals surface area contributed by atoms with Crippen molar-refractivity contribution in [3.05, 3.63) is 24.8 Å². The summed E-state index contributed by atoms with van der Waals surface area (Å²) in [6, 6.07) is 4.26. The van der Waals surface area contributed by atoms with Gasteiger partial charge in [-0.25, -0.2) is 0 Å². The summed E-state index contributed by atoms with van der Waals surface area (Å²) in [6.07, 6.45) is 18.6. The standard InChI is InChI=1S/C5H14Si2.C5H14Si.C5H12.C5H10.H4Si/c6-4-2-1-3-5-7;1-2-3-4-5-6;2*1-3-5-4-2;/h1-2H,3-5H2,6-7H3;2-5H2,1,6H3;3-5H2,1-2H3;3H,1,4-5H2,2H3;1H4. The Morgan fingerprint density at radius 3 is 1.38 bits per heavy atom. The molecule has 0 unspecified atom stereocenters. The molecule has 0 aliphatic carbocycles. The van der Waals surface area contributed by atoms with Crippen LogP contribution >= 0.6 is 0 Å². The summed E-state index contributed by atoms with van der Waals surface area (Å²) in [5.74, 6) is 0. The van der Waals surface area contributed by atoms with Gasteiger partial charge >= 0.3 is 0 Å². The monoisotopic (exact) mass is 406 g/mol. The Morgan fingerprint density at radius 2 is 1.21 bits per heavy atom. The number of hydrogen-bond acceptors (Lipinski definition) is 0. The molecule has 0 amide bonds. The first kappa shape index (κ1) is 35.5. The van der Waals surface area contributed by atoms with Crippen molar-refractivity contribution in [2.75, 3.05) is 0 Å². The molecule has 0 aliphatic rings. The van der Waals surface area contributed by atoms with Crippen molar-refractivity contribution < 1.29 is 0 Å². The molecule has 24 heavy (non-hydrogen) atoms. The van der Waals surface area contributed by atoms with Crippen molar-refractivity contribution in [3.63, 3.8) is 0 Å². The van der Waals surface area contributed by atoms with Gasteiger partial charge < -0.3 is 0 Å². The van der Waals surface area contributed by atoms with Crippen molar-refractivity contribution in [2.45, 2.75) is 104 Å². The van der Waals surface area contributed by atoms with Crippen LogP contribution in [0.25, 0.3) is 0 Å². The highest BCUT2D eigenvalue weighted by Gasteiger charge is 1.75. The third-order valence-electron chi connectivity index (χ3n) is 3.01. The van der Waals surface area contributed by atoms with E-state index < -0.39 is 0 Å². The summed E-state index contributed by atoms with van der Waals surface area (Å²) in [5.41, 5.74) is 0. The van der Waals surface area contributed by atoms with E-state index in [-0.39, 0.29) is 11.0 Å². The van der Waals surface area contributed by atoms with Crippen LogP contribution in [0.5, 0.6) is 0 Å². The molecule has 0 aromatic rings. The highest BCUT2D eigenvalue weighted by atomic mass is 28.2. The van der Waals surface area contributed by atoms with Crippen LogP contribution in [-0.2, 0) is 0 Å². The van der Waals surface area contributed by atoms with Gasteiger partial charge in [-0.3, -0.25) is 0 Å². The zero-order valence-electron chi connectivity index (χ0n) is 17.9. The first-order chi connectivity index (χ1) is 11.2. The Balaban J connectivity index is -0.0000000666. The molecule has 0 atom stereocenters. The number of hydrogen-bond donors (Lipinski definition) is 0. The lowest BCUT2D eigenvalue weighted by atomic mass is 10.3. The van der Waals surface area contributed by atoms with Crippen LogP contribution in [0.1, 0.15) is 85.5 Å². The van der Waals surface area contributed by atoms with Crippen molar-refractivity contribution >= 4 is 41.7 Å². The normalized spacial score (nSPS) is 9.00. The Labute approximate surface area is 170 Å². The van der Waals surface area contributed by atoms with E-state index >= 15 is 0 Å². The third-order valence-corrected chi connectivity index (χ3v) is 4.77. The van der Waals surface area contributed by atoms with E-state index in [1.165, 1.54) is 100 Å². The summed E-state index contributed by atoms with van der Waals surface area (Å²) in [7, 11) is 4.10. The Hall–Kier alpha value is 0.348. The summed E-state index contributed by atoms with van der Waals surface area (Å²) >= 11 is 0. The molecule has 4 heteroatoms. The Morgan fingerprint density at radius 1 is 0.667 bits per heavy atom. The largest absolute Gasteiger partial charge is 0.103 e. The predicted octanol–water partition coefficient (Wildman–Crippen LogP) is 3.18. The molecule has 150 valence electrons. The minimum absolute atomic E-state index is 0. The second-order valence-electron chi connectivity index (χ2n) is 5.81. The maximum absolute atomic E-state index is 3.55. The molecule has 0 aliphatic heterocycles. The molecule has 0 spiro atoms. The van der Waals surface area contributed by atoms with Crippen molar-refractivity contribution in [1.82, 2.24) is 0 Å². The number of unbranched alkanes of at least 4 members (excludes halogenated alkanes) is 5. The minimum Gasteiger partial charge on any atom is -0.103 e. The smallest absolute Gasteiger partial charge is 0.00754 e. The van der Waals surface area contributed by atoms with Crippen LogP contribution in [0.4, 0.5) is 0 Å². The van der Waals surface area contributed by atoms with E-state index in [1.54, 1.807) is 0 Å². The molecule has 0 rings (SSSR count). The zero-order chi connectivity index (χ0) is 18.6. The van der Waals surface area contributed by atoms with Gasteiger partial charge in [-0.05, 0) is 29.9 Å². The van der Waals surface area contributed by atoms with Gasteiger partial charge in [0.1, 0.15) is 0 Å². The van der Waals surface area contributed by atoms with Crippen LogP contribution in [0.3, 0.4) is 0 Å². The highest BCUT2D eigenvalue weighted by Crippen LogP contribution is 1.94. The van der Waals surface area contributed by atoms with Crippen molar-refractivity contribution in [3.8, 4) is 0 Å². The molecule has 0 saturated heterocycles. The molecule has 0 nitrogen and oxygen atoms in total. The van der Waals surface area contributed by atoms with Crippen LogP contribution in [-0.4, -0.2) is 41.7 Å². The van der Waals surface area contributed by atoms with Gasteiger partial charge in [-0.2, -0.15) is 0 Å². The minimum atomic E-state index is 0. The molecule has 0 saturated carbocycles. The maximum Gasteiger partial charge on any atom is 0.00754 e. The maximum atomic E-state index is 3.55. The zero-order valence-corrected chi connectivity index (χ0v) is 23.9. The van der Waals surface area contributed by atoms with Gasteiger partial charge in [0.05, 0.1) is 0 Å². The number of rotatable bonds is 10. The molecule has 0 fully saturated rings. The second-order valence-corrected chi connectivity index (χ2v) is 8.62. The fourth-order valence-electron chi connectivity index (χ4n) is 1.51. The highest BCUT2D eigenvalue weighted by molar-refractivity contribution is 6.09. The molecule has 0 aromatic heterocycles. The molecule has 0 bridgehead atoms. The fraction of sp³-hybridized carbons (Fsp3) is 0.800. The third kappa shape index (κ3) is 79.1. The van der Waals surface area contributed by atoms with Crippen LogP contribution in [0.2, 0.25) is 18.1 Å². The SMILES string of the molecule is C=CCCC.CCCCC.CCCCC[SiH3].[SiH3]CC=CCC[SiH3].[SiH4]. The van der Waals surface area contributed by atoms with Gasteiger partial charge in [0.2, 0.25) is 0 Å². The van der Waals surface area contributed by atoms with E-state index in [4.69, 9.17) is 0 Å². The average Bonchev–Trinajstić information content (AvgIpc) is 2.57. The van der Waals surface area contributed by atoms with E-state index in [0.717, 1.165) is 6.42 Å². The lowest BCUT2D eigenvalue weighted by Gasteiger charge is -1.86. The molecular weight excluding hydrogens is 353 g/mol. The van der Waals surface area contributed by atoms with E-state index in [9.17, 15) is 0 Å². The van der Waals surface area contributed by atoms with Crippen molar-refractivity contribution in [1.29, 1.82) is 0 Å². The van der Waals surface area contributed by atoms with Gasteiger partial charge in [-0.1, -0.05) is 103 Å². The lowest BCUT2D eigenvalue weighted by Crippen LogP contribution is -1.69. The molecule has 0 radical (unpaired) electrons. The molecular formula is C20H54Si4. The average molecular weight is 407 g/mol. The summed E-state index contributed by atoms with van der Waals surface area (Å²) in [4.78, 5) is 0. The predicted molar refractivity (Wildman–Crippen MR) is 139 cm³/mol. The van der Waals surface area contributed by atoms with Crippen LogP contribution < -0.4 is 0 Å². The lowest BCUT2D eigenvalue weighted by molar-refractivity contribution is 0.771. The van der Waals surface area contributed by atoms with Crippen LogP contribution in [0.15, 0.2) is 24.8 Å².